The third kappa shape index (κ3) is 1.87. The van der Waals surface area contributed by atoms with Gasteiger partial charge in [0.1, 0.15) is 6.29 Å². The molecule has 1 aliphatic rings. The minimum atomic E-state index is -0.482. The molecule has 0 N–H and O–H groups in total. The fourth-order valence-electron chi connectivity index (χ4n) is 2.27. The van der Waals surface area contributed by atoms with Gasteiger partial charge in [0.25, 0.3) is 0 Å². The Morgan fingerprint density at radius 2 is 2.00 bits per heavy atom. The van der Waals surface area contributed by atoms with Crippen molar-refractivity contribution >= 4 is 12.2 Å². The van der Waals surface area contributed by atoms with Crippen LogP contribution in [-0.4, -0.2) is 30.2 Å². The maximum atomic E-state index is 12.0. The molecule has 0 unspecified atom stereocenters. The summed E-state index contributed by atoms with van der Waals surface area (Å²) in [5.41, 5.74) is -0.482. The summed E-state index contributed by atoms with van der Waals surface area (Å²) in [6, 6.07) is -0.294. The molecular formula is C12H17NO2. The van der Waals surface area contributed by atoms with Crippen LogP contribution in [0, 0.1) is 5.41 Å². The van der Waals surface area contributed by atoms with Crippen molar-refractivity contribution in [2.45, 2.75) is 25.3 Å². The molecule has 3 heteroatoms. The zero-order valence-electron chi connectivity index (χ0n) is 9.11. The quantitative estimate of drug-likeness (QED) is 0.506. The Balaban J connectivity index is 2.98. The molecule has 1 atom stereocenters. The standard InChI is InChI=1S/C12H17NO2/c1-4-6-12(7-5-2)8-10(9-14)13(3)11(12)15/h4-5,9-10H,1-2,6-8H2,3H3/t10-/m0/s1. The molecule has 1 fully saturated rings. The first-order valence-corrected chi connectivity index (χ1v) is 5.05. The molecule has 0 aromatic carbocycles. The van der Waals surface area contributed by atoms with Crippen LogP contribution >= 0.6 is 0 Å². The first kappa shape index (κ1) is 11.7. The summed E-state index contributed by atoms with van der Waals surface area (Å²) >= 11 is 0. The molecule has 82 valence electrons. The van der Waals surface area contributed by atoms with Crippen molar-refractivity contribution in [2.24, 2.45) is 5.41 Å². The monoisotopic (exact) mass is 207 g/mol. The molecule has 0 aromatic rings. The van der Waals surface area contributed by atoms with Gasteiger partial charge in [-0.3, -0.25) is 4.79 Å². The predicted molar refractivity (Wildman–Crippen MR) is 59.3 cm³/mol. The van der Waals surface area contributed by atoms with E-state index in [4.69, 9.17) is 0 Å². The second-order valence-corrected chi connectivity index (χ2v) is 4.09. The van der Waals surface area contributed by atoms with Crippen molar-refractivity contribution in [1.82, 2.24) is 4.90 Å². The van der Waals surface area contributed by atoms with Crippen LogP contribution in [0.15, 0.2) is 25.3 Å². The summed E-state index contributed by atoms with van der Waals surface area (Å²) < 4.78 is 0. The molecule has 3 nitrogen and oxygen atoms in total. The van der Waals surface area contributed by atoms with Crippen LogP contribution in [-0.2, 0) is 9.59 Å². The number of carbonyl (C=O) groups excluding carboxylic acids is 2. The minimum Gasteiger partial charge on any atom is -0.335 e. The average Bonchev–Trinajstić information content (AvgIpc) is 2.45. The van der Waals surface area contributed by atoms with Gasteiger partial charge in [0.2, 0.25) is 5.91 Å². The molecular weight excluding hydrogens is 190 g/mol. The molecule has 15 heavy (non-hydrogen) atoms. The van der Waals surface area contributed by atoms with Gasteiger partial charge in [-0.25, -0.2) is 0 Å². The van der Waals surface area contributed by atoms with Crippen molar-refractivity contribution in [1.29, 1.82) is 0 Å². The van der Waals surface area contributed by atoms with Crippen LogP contribution in [0.5, 0.6) is 0 Å². The molecule has 1 amide bonds. The number of aldehydes is 1. The fourth-order valence-corrected chi connectivity index (χ4v) is 2.27. The average molecular weight is 207 g/mol. The first-order chi connectivity index (χ1) is 7.11. The van der Waals surface area contributed by atoms with E-state index in [0.29, 0.717) is 19.3 Å². The fraction of sp³-hybridized carbons (Fsp3) is 0.500. The number of amides is 1. The van der Waals surface area contributed by atoms with Crippen molar-refractivity contribution < 1.29 is 9.59 Å². The van der Waals surface area contributed by atoms with Crippen LogP contribution in [0.3, 0.4) is 0 Å². The van der Waals surface area contributed by atoms with Crippen LogP contribution in [0.1, 0.15) is 19.3 Å². The number of nitrogens with zero attached hydrogens (tertiary/aromatic N) is 1. The maximum absolute atomic E-state index is 12.0. The maximum Gasteiger partial charge on any atom is 0.229 e. The third-order valence-electron chi connectivity index (χ3n) is 3.10. The number of rotatable bonds is 5. The van der Waals surface area contributed by atoms with Crippen molar-refractivity contribution in [2.75, 3.05) is 7.05 Å². The van der Waals surface area contributed by atoms with E-state index in [-0.39, 0.29) is 11.9 Å². The van der Waals surface area contributed by atoms with E-state index in [2.05, 4.69) is 13.2 Å². The lowest BCUT2D eigenvalue weighted by molar-refractivity contribution is -0.136. The Kier molecular flexibility index (Phi) is 3.45. The SMILES string of the molecule is C=CCC1(CC=C)C[C@@H](C=O)N(C)C1=O. The highest BCUT2D eigenvalue weighted by molar-refractivity contribution is 5.89. The van der Waals surface area contributed by atoms with E-state index in [1.165, 1.54) is 4.90 Å². The lowest BCUT2D eigenvalue weighted by Gasteiger charge is -2.23. The summed E-state index contributed by atoms with van der Waals surface area (Å²) in [5, 5.41) is 0. The zero-order valence-corrected chi connectivity index (χ0v) is 9.11. The van der Waals surface area contributed by atoms with Crippen molar-refractivity contribution in [3.05, 3.63) is 25.3 Å². The summed E-state index contributed by atoms with van der Waals surface area (Å²) in [4.78, 5) is 24.4. The van der Waals surface area contributed by atoms with Crippen LogP contribution in [0.2, 0.25) is 0 Å². The third-order valence-corrected chi connectivity index (χ3v) is 3.10. The smallest absolute Gasteiger partial charge is 0.229 e. The summed E-state index contributed by atoms with van der Waals surface area (Å²) in [6.45, 7) is 7.34. The Hall–Kier alpha value is -1.38. The van der Waals surface area contributed by atoms with Gasteiger partial charge in [0.15, 0.2) is 0 Å². The van der Waals surface area contributed by atoms with Crippen molar-refractivity contribution in [3.63, 3.8) is 0 Å². The molecule has 1 rings (SSSR count). The number of likely N-dealkylation sites (tertiary alicyclic amines) is 1. The van der Waals surface area contributed by atoms with Gasteiger partial charge in [0.05, 0.1) is 11.5 Å². The summed E-state index contributed by atoms with van der Waals surface area (Å²) in [7, 11) is 1.68. The highest BCUT2D eigenvalue weighted by Crippen LogP contribution is 2.41. The number of hydrogen-bond acceptors (Lipinski definition) is 2. The van der Waals surface area contributed by atoms with Crippen LogP contribution < -0.4 is 0 Å². The molecule has 1 heterocycles. The highest BCUT2D eigenvalue weighted by Gasteiger charge is 2.48. The number of likely N-dealkylation sites (N-methyl/N-ethyl adjacent to an activating group) is 1. The Labute approximate surface area is 90.5 Å². The lowest BCUT2D eigenvalue weighted by atomic mass is 9.78. The summed E-state index contributed by atoms with van der Waals surface area (Å²) in [6.07, 6.45) is 6.10. The Bertz CT molecular complexity index is 286. The largest absolute Gasteiger partial charge is 0.335 e. The van der Waals surface area contributed by atoms with Gasteiger partial charge in [0, 0.05) is 7.05 Å². The predicted octanol–water partition coefficient (Wildman–Crippen LogP) is 1.55. The van der Waals surface area contributed by atoms with Gasteiger partial charge in [-0.1, -0.05) is 12.2 Å². The van der Waals surface area contributed by atoms with Crippen molar-refractivity contribution in [3.8, 4) is 0 Å². The molecule has 0 aromatic heterocycles. The van der Waals surface area contributed by atoms with Gasteiger partial charge >= 0.3 is 0 Å². The highest BCUT2D eigenvalue weighted by atomic mass is 16.2. The molecule has 0 aliphatic carbocycles. The van der Waals surface area contributed by atoms with Crippen LogP contribution in [0.25, 0.3) is 0 Å². The van der Waals surface area contributed by atoms with E-state index >= 15 is 0 Å². The first-order valence-electron chi connectivity index (χ1n) is 5.05. The second-order valence-electron chi connectivity index (χ2n) is 4.09. The van der Waals surface area contributed by atoms with E-state index in [1.807, 2.05) is 0 Å². The lowest BCUT2D eigenvalue weighted by Crippen LogP contribution is -2.34. The van der Waals surface area contributed by atoms with Gasteiger partial charge in [-0.2, -0.15) is 0 Å². The number of allylic oxidation sites excluding steroid dienone is 2. The molecule has 0 spiro atoms. The second kappa shape index (κ2) is 4.43. The molecule has 0 radical (unpaired) electrons. The minimum absolute atomic E-state index is 0.0272. The van der Waals surface area contributed by atoms with E-state index in [1.54, 1.807) is 19.2 Å². The molecule has 1 saturated heterocycles. The van der Waals surface area contributed by atoms with Gasteiger partial charge in [-0.15, -0.1) is 13.2 Å². The molecule has 1 aliphatic heterocycles. The molecule has 0 bridgehead atoms. The van der Waals surface area contributed by atoms with Gasteiger partial charge < -0.3 is 9.69 Å². The van der Waals surface area contributed by atoms with Gasteiger partial charge in [-0.05, 0) is 19.3 Å². The normalized spacial score (nSPS) is 23.9. The zero-order chi connectivity index (χ0) is 11.5. The van der Waals surface area contributed by atoms with E-state index < -0.39 is 5.41 Å². The van der Waals surface area contributed by atoms with Crippen LogP contribution in [0.4, 0.5) is 0 Å². The number of carbonyl (C=O) groups is 2. The Morgan fingerprint density at radius 3 is 2.33 bits per heavy atom. The van der Waals surface area contributed by atoms with E-state index in [0.717, 1.165) is 6.29 Å². The van der Waals surface area contributed by atoms with E-state index in [9.17, 15) is 9.59 Å². The summed E-state index contributed by atoms with van der Waals surface area (Å²) in [5.74, 6) is 0.0272. The topological polar surface area (TPSA) is 37.4 Å². The number of hydrogen-bond donors (Lipinski definition) is 0. The molecule has 0 saturated carbocycles. The Morgan fingerprint density at radius 1 is 1.47 bits per heavy atom.